The van der Waals surface area contributed by atoms with E-state index in [0.29, 0.717) is 5.92 Å². The van der Waals surface area contributed by atoms with Crippen molar-refractivity contribution < 1.29 is 9.47 Å². The lowest BCUT2D eigenvalue weighted by atomic mass is 9.81. The van der Waals surface area contributed by atoms with Crippen molar-refractivity contribution in [3.8, 4) is 0 Å². The van der Waals surface area contributed by atoms with Gasteiger partial charge in [-0.1, -0.05) is 28.1 Å². The number of halogens is 1. The number of benzene rings is 1. The van der Waals surface area contributed by atoms with Gasteiger partial charge in [-0.3, -0.25) is 0 Å². The maximum atomic E-state index is 5.75. The molecular formula is C14H17BrO2. The minimum absolute atomic E-state index is 0.230. The zero-order valence-corrected chi connectivity index (χ0v) is 11.4. The minimum Gasteiger partial charge on any atom is -0.348 e. The Hall–Kier alpha value is -0.380. The third kappa shape index (κ3) is 2.42. The maximum Gasteiger partial charge on any atom is 0.168 e. The molecule has 1 aromatic carbocycles. The van der Waals surface area contributed by atoms with E-state index in [4.69, 9.17) is 9.47 Å². The predicted molar refractivity (Wildman–Crippen MR) is 70.0 cm³/mol. The molecule has 0 atom stereocenters. The van der Waals surface area contributed by atoms with Crippen LogP contribution in [0.4, 0.5) is 0 Å². The Bertz CT molecular complexity index is 372. The average molecular weight is 297 g/mol. The van der Waals surface area contributed by atoms with Crippen molar-refractivity contribution in [3.63, 3.8) is 0 Å². The van der Waals surface area contributed by atoms with E-state index in [9.17, 15) is 0 Å². The molecule has 1 spiro atoms. The molecule has 1 saturated carbocycles. The van der Waals surface area contributed by atoms with E-state index in [0.717, 1.165) is 30.5 Å². The van der Waals surface area contributed by atoms with Crippen LogP contribution in [0.25, 0.3) is 0 Å². The molecule has 1 heterocycles. The molecule has 3 heteroatoms. The minimum atomic E-state index is -0.230. The van der Waals surface area contributed by atoms with Gasteiger partial charge >= 0.3 is 0 Å². The molecule has 17 heavy (non-hydrogen) atoms. The first kappa shape index (κ1) is 11.7. The number of ether oxygens (including phenoxy) is 2. The monoisotopic (exact) mass is 296 g/mol. The first-order valence-corrected chi connectivity index (χ1v) is 7.10. The lowest BCUT2D eigenvalue weighted by Gasteiger charge is -2.35. The van der Waals surface area contributed by atoms with Gasteiger partial charge in [-0.2, -0.15) is 0 Å². The summed E-state index contributed by atoms with van der Waals surface area (Å²) in [5.74, 6) is 0.438. The Morgan fingerprint density at radius 1 is 1.00 bits per heavy atom. The summed E-state index contributed by atoms with van der Waals surface area (Å²) in [5.41, 5.74) is 1.45. The molecule has 1 aliphatic carbocycles. The summed E-state index contributed by atoms with van der Waals surface area (Å²) in [6.45, 7) is 1.53. The van der Waals surface area contributed by atoms with Gasteiger partial charge in [0.15, 0.2) is 5.79 Å². The topological polar surface area (TPSA) is 18.5 Å². The summed E-state index contributed by atoms with van der Waals surface area (Å²) < 4.78 is 12.7. The van der Waals surface area contributed by atoms with Gasteiger partial charge in [0.2, 0.25) is 0 Å². The van der Waals surface area contributed by atoms with E-state index in [1.807, 2.05) is 0 Å². The summed E-state index contributed by atoms with van der Waals surface area (Å²) in [6.07, 6.45) is 4.41. The third-order valence-electron chi connectivity index (χ3n) is 3.90. The van der Waals surface area contributed by atoms with Crippen molar-refractivity contribution in [2.45, 2.75) is 37.4 Å². The molecule has 1 saturated heterocycles. The van der Waals surface area contributed by atoms with Gasteiger partial charge in [0.25, 0.3) is 0 Å². The van der Waals surface area contributed by atoms with Gasteiger partial charge in [0.05, 0.1) is 13.2 Å². The number of hydrogen-bond acceptors (Lipinski definition) is 2. The maximum absolute atomic E-state index is 5.75. The van der Waals surface area contributed by atoms with Gasteiger partial charge in [0.1, 0.15) is 0 Å². The smallest absolute Gasteiger partial charge is 0.168 e. The van der Waals surface area contributed by atoms with Crippen LogP contribution < -0.4 is 0 Å². The van der Waals surface area contributed by atoms with E-state index < -0.39 is 0 Å². The highest BCUT2D eigenvalue weighted by molar-refractivity contribution is 9.10. The highest BCUT2D eigenvalue weighted by Crippen LogP contribution is 2.42. The van der Waals surface area contributed by atoms with Gasteiger partial charge in [-0.25, -0.2) is 0 Å². The van der Waals surface area contributed by atoms with Gasteiger partial charge in [-0.05, 0) is 36.5 Å². The quantitative estimate of drug-likeness (QED) is 0.784. The molecule has 0 radical (unpaired) electrons. The van der Waals surface area contributed by atoms with E-state index in [-0.39, 0.29) is 5.79 Å². The number of rotatable bonds is 1. The van der Waals surface area contributed by atoms with Crippen molar-refractivity contribution in [2.24, 2.45) is 0 Å². The molecule has 0 bridgehead atoms. The van der Waals surface area contributed by atoms with Crippen LogP contribution in [0.1, 0.15) is 37.2 Å². The van der Waals surface area contributed by atoms with Crippen LogP contribution in [0.3, 0.4) is 0 Å². The van der Waals surface area contributed by atoms with Crippen molar-refractivity contribution in [1.29, 1.82) is 0 Å². The summed E-state index contributed by atoms with van der Waals surface area (Å²) >= 11 is 3.48. The third-order valence-corrected chi connectivity index (χ3v) is 4.43. The molecule has 2 nitrogen and oxygen atoms in total. The standard InChI is InChI=1S/C14H17BrO2/c15-13-3-1-11(2-4-13)12-5-7-14(8-6-12)16-9-10-17-14/h1-4,12H,5-10H2. The van der Waals surface area contributed by atoms with Crippen molar-refractivity contribution in [2.75, 3.05) is 13.2 Å². The molecule has 1 aliphatic heterocycles. The molecule has 2 fully saturated rings. The lowest BCUT2D eigenvalue weighted by Crippen LogP contribution is -2.34. The highest BCUT2D eigenvalue weighted by atomic mass is 79.9. The molecule has 92 valence electrons. The normalized spacial score (nSPS) is 24.3. The zero-order chi connectivity index (χ0) is 11.7. The number of hydrogen-bond donors (Lipinski definition) is 0. The fourth-order valence-corrected chi connectivity index (χ4v) is 3.18. The fraction of sp³-hybridized carbons (Fsp3) is 0.571. The largest absolute Gasteiger partial charge is 0.348 e. The fourth-order valence-electron chi connectivity index (χ4n) is 2.91. The molecule has 3 rings (SSSR count). The summed E-state index contributed by atoms with van der Waals surface area (Å²) in [6, 6.07) is 8.71. The van der Waals surface area contributed by atoms with Crippen LogP contribution in [0, 0.1) is 0 Å². The molecular weight excluding hydrogens is 280 g/mol. The van der Waals surface area contributed by atoms with E-state index >= 15 is 0 Å². The van der Waals surface area contributed by atoms with Crippen molar-refractivity contribution in [1.82, 2.24) is 0 Å². The van der Waals surface area contributed by atoms with E-state index in [1.54, 1.807) is 0 Å². The van der Waals surface area contributed by atoms with Crippen LogP contribution in [-0.2, 0) is 9.47 Å². The molecule has 0 amide bonds. The average Bonchev–Trinajstić information content (AvgIpc) is 2.80. The molecule has 0 N–H and O–H groups in total. The SMILES string of the molecule is Brc1ccc(C2CCC3(CC2)OCCO3)cc1. The van der Waals surface area contributed by atoms with Gasteiger partial charge in [0, 0.05) is 17.3 Å². The second-order valence-electron chi connectivity index (χ2n) is 4.93. The van der Waals surface area contributed by atoms with Crippen LogP contribution in [0.5, 0.6) is 0 Å². The van der Waals surface area contributed by atoms with E-state index in [2.05, 4.69) is 40.2 Å². The Morgan fingerprint density at radius 2 is 1.59 bits per heavy atom. The van der Waals surface area contributed by atoms with Crippen molar-refractivity contribution in [3.05, 3.63) is 34.3 Å². The van der Waals surface area contributed by atoms with Crippen LogP contribution >= 0.6 is 15.9 Å². The molecule has 0 unspecified atom stereocenters. The van der Waals surface area contributed by atoms with Crippen LogP contribution in [-0.4, -0.2) is 19.0 Å². The predicted octanol–water partition coefficient (Wildman–Crippen LogP) is 3.85. The molecule has 0 aromatic heterocycles. The highest BCUT2D eigenvalue weighted by Gasteiger charge is 2.40. The van der Waals surface area contributed by atoms with Gasteiger partial charge in [-0.15, -0.1) is 0 Å². The van der Waals surface area contributed by atoms with Crippen LogP contribution in [0.15, 0.2) is 28.7 Å². The first-order chi connectivity index (χ1) is 8.27. The Balaban J connectivity index is 1.66. The zero-order valence-electron chi connectivity index (χ0n) is 9.82. The summed E-state index contributed by atoms with van der Waals surface area (Å²) in [7, 11) is 0. The Morgan fingerprint density at radius 3 is 2.18 bits per heavy atom. The van der Waals surface area contributed by atoms with Crippen LogP contribution in [0.2, 0.25) is 0 Å². The second-order valence-corrected chi connectivity index (χ2v) is 5.85. The molecule has 1 aromatic rings. The van der Waals surface area contributed by atoms with Gasteiger partial charge < -0.3 is 9.47 Å². The summed E-state index contributed by atoms with van der Waals surface area (Å²) in [5, 5.41) is 0. The second kappa shape index (κ2) is 4.71. The first-order valence-electron chi connectivity index (χ1n) is 6.31. The molecule has 2 aliphatic rings. The summed E-state index contributed by atoms with van der Waals surface area (Å²) in [4.78, 5) is 0. The van der Waals surface area contributed by atoms with E-state index in [1.165, 1.54) is 18.4 Å². The Labute approximate surface area is 110 Å². The Kier molecular flexibility index (Phi) is 3.24. The lowest BCUT2D eigenvalue weighted by molar-refractivity contribution is -0.178. The van der Waals surface area contributed by atoms with Crippen molar-refractivity contribution >= 4 is 15.9 Å².